The molecular weight excluding hydrogens is 232 g/mol. The molecule has 1 fully saturated rings. The first-order valence-corrected chi connectivity index (χ1v) is 6.99. The van der Waals surface area contributed by atoms with Gasteiger partial charge in [0.15, 0.2) is 0 Å². The second-order valence-corrected chi connectivity index (χ2v) is 6.21. The molecule has 1 nitrogen and oxygen atoms in total. The zero-order valence-electron chi connectivity index (χ0n) is 10.3. The van der Waals surface area contributed by atoms with Crippen LogP contribution in [0, 0.1) is 0 Å². The fraction of sp³-hybridized carbons (Fsp3) is 0.600. The summed E-state index contributed by atoms with van der Waals surface area (Å²) in [6, 6.07) is 8.74. The van der Waals surface area contributed by atoms with Crippen LogP contribution in [0.5, 0.6) is 0 Å². The van der Waals surface area contributed by atoms with Crippen molar-refractivity contribution in [1.29, 1.82) is 0 Å². The Bertz CT molecular complexity index is 405. The predicted molar refractivity (Wildman–Crippen MR) is 70.6 cm³/mol. The summed E-state index contributed by atoms with van der Waals surface area (Å²) in [5, 5.41) is 0.281. The van der Waals surface area contributed by atoms with Gasteiger partial charge in [0.1, 0.15) is 0 Å². The van der Waals surface area contributed by atoms with Crippen molar-refractivity contribution in [2.45, 2.75) is 56.1 Å². The van der Waals surface area contributed by atoms with E-state index in [4.69, 9.17) is 16.3 Å². The summed E-state index contributed by atoms with van der Waals surface area (Å²) in [5.74, 6) is 0. The minimum absolute atomic E-state index is 0.0123. The highest BCUT2D eigenvalue weighted by atomic mass is 35.5. The Morgan fingerprint density at radius 3 is 2.82 bits per heavy atom. The maximum Gasteiger partial charge on any atom is 0.0743 e. The summed E-state index contributed by atoms with van der Waals surface area (Å²) in [4.78, 5) is 0. The molecule has 0 radical (unpaired) electrons. The number of hydrogen-bond acceptors (Lipinski definition) is 1. The lowest BCUT2D eigenvalue weighted by atomic mass is 9.76. The minimum Gasteiger partial charge on any atom is -0.372 e. The van der Waals surface area contributed by atoms with Gasteiger partial charge in [0.05, 0.1) is 11.7 Å². The van der Waals surface area contributed by atoms with Gasteiger partial charge in [-0.1, -0.05) is 24.3 Å². The van der Waals surface area contributed by atoms with Crippen LogP contribution in [0.2, 0.25) is 0 Å². The number of halogens is 1. The molecule has 1 spiro atoms. The van der Waals surface area contributed by atoms with E-state index in [1.165, 1.54) is 11.1 Å². The van der Waals surface area contributed by atoms with Crippen molar-refractivity contribution in [3.8, 4) is 0 Å². The lowest BCUT2D eigenvalue weighted by molar-refractivity contribution is -0.126. The van der Waals surface area contributed by atoms with Gasteiger partial charge >= 0.3 is 0 Å². The lowest BCUT2D eigenvalue weighted by Crippen LogP contribution is -2.47. The van der Waals surface area contributed by atoms with Gasteiger partial charge in [0.25, 0.3) is 0 Å². The molecule has 1 aromatic carbocycles. The molecule has 1 aromatic rings. The number of benzene rings is 1. The first-order valence-electron chi connectivity index (χ1n) is 6.56. The maximum absolute atomic E-state index is 6.38. The SMILES string of the molecule is C[C@H]1C[C@@H](Cl)C[C@]2(CCc3ccccc3C2)O1. The summed E-state index contributed by atoms with van der Waals surface area (Å²) in [7, 11) is 0. The van der Waals surface area contributed by atoms with Crippen molar-refractivity contribution in [3.63, 3.8) is 0 Å². The second-order valence-electron chi connectivity index (χ2n) is 5.59. The summed E-state index contributed by atoms with van der Waals surface area (Å²) >= 11 is 6.38. The molecule has 0 aromatic heterocycles. The molecule has 0 unspecified atom stereocenters. The van der Waals surface area contributed by atoms with Gasteiger partial charge in [-0.05, 0) is 43.7 Å². The number of alkyl halides is 1. The standard InChI is InChI=1S/C15H19ClO/c1-11-8-14(16)10-15(17-11)7-6-12-4-2-3-5-13(12)9-15/h2-5,11,14H,6-10H2,1H3/t11-,14+,15+/m0/s1. The molecule has 1 heterocycles. The average molecular weight is 251 g/mol. The van der Waals surface area contributed by atoms with Crippen molar-refractivity contribution in [2.24, 2.45) is 0 Å². The first-order chi connectivity index (χ1) is 8.17. The Morgan fingerprint density at radius 1 is 1.29 bits per heavy atom. The summed E-state index contributed by atoms with van der Waals surface area (Å²) in [6.07, 6.45) is 5.59. The zero-order valence-corrected chi connectivity index (χ0v) is 11.0. The molecule has 1 aliphatic heterocycles. The van der Waals surface area contributed by atoms with Crippen molar-refractivity contribution in [3.05, 3.63) is 35.4 Å². The fourth-order valence-electron chi connectivity index (χ4n) is 3.42. The van der Waals surface area contributed by atoms with Crippen LogP contribution in [0.25, 0.3) is 0 Å². The monoisotopic (exact) mass is 250 g/mol. The van der Waals surface area contributed by atoms with E-state index in [0.29, 0.717) is 6.10 Å². The number of ether oxygens (including phenoxy) is 1. The average Bonchev–Trinajstić information content (AvgIpc) is 2.27. The van der Waals surface area contributed by atoms with Gasteiger partial charge in [-0.15, -0.1) is 11.6 Å². The second kappa shape index (κ2) is 4.29. The molecule has 17 heavy (non-hydrogen) atoms. The molecule has 2 aliphatic rings. The highest BCUT2D eigenvalue weighted by Crippen LogP contribution is 2.41. The van der Waals surface area contributed by atoms with Gasteiger partial charge in [-0.3, -0.25) is 0 Å². The van der Waals surface area contributed by atoms with Gasteiger partial charge in [-0.25, -0.2) is 0 Å². The van der Waals surface area contributed by atoms with Crippen LogP contribution in [0.1, 0.15) is 37.3 Å². The van der Waals surface area contributed by atoms with E-state index in [1.54, 1.807) is 0 Å². The van der Waals surface area contributed by atoms with Gasteiger partial charge in [-0.2, -0.15) is 0 Å². The fourth-order valence-corrected chi connectivity index (χ4v) is 3.95. The summed E-state index contributed by atoms with van der Waals surface area (Å²) in [5.41, 5.74) is 2.96. The number of aryl methyl sites for hydroxylation is 1. The van der Waals surface area contributed by atoms with E-state index in [-0.39, 0.29) is 11.0 Å². The Kier molecular flexibility index (Phi) is 2.92. The van der Waals surface area contributed by atoms with Crippen LogP contribution in [0.15, 0.2) is 24.3 Å². The molecule has 1 aliphatic carbocycles. The molecule has 0 saturated carbocycles. The van der Waals surface area contributed by atoms with Crippen LogP contribution in [0.4, 0.5) is 0 Å². The quantitative estimate of drug-likeness (QED) is 0.638. The normalized spacial score (nSPS) is 36.8. The minimum atomic E-state index is 0.0123. The third-order valence-corrected chi connectivity index (χ3v) is 4.45. The van der Waals surface area contributed by atoms with Crippen LogP contribution < -0.4 is 0 Å². The molecular formula is C15H19ClO. The van der Waals surface area contributed by atoms with Gasteiger partial charge < -0.3 is 4.74 Å². The van der Waals surface area contributed by atoms with Gasteiger partial charge in [0, 0.05) is 11.8 Å². The van der Waals surface area contributed by atoms with E-state index in [9.17, 15) is 0 Å². The van der Waals surface area contributed by atoms with Crippen molar-refractivity contribution < 1.29 is 4.74 Å². The van der Waals surface area contributed by atoms with Crippen LogP contribution >= 0.6 is 11.6 Å². The Hall–Kier alpha value is -0.530. The highest BCUT2D eigenvalue weighted by Gasteiger charge is 2.41. The van der Waals surface area contributed by atoms with E-state index >= 15 is 0 Å². The van der Waals surface area contributed by atoms with Gasteiger partial charge in [0.2, 0.25) is 0 Å². The topological polar surface area (TPSA) is 9.23 Å². The third kappa shape index (κ3) is 2.23. The molecule has 0 amide bonds. The van der Waals surface area contributed by atoms with Crippen molar-refractivity contribution in [1.82, 2.24) is 0 Å². The van der Waals surface area contributed by atoms with E-state index in [2.05, 4.69) is 31.2 Å². The van der Waals surface area contributed by atoms with Crippen molar-refractivity contribution >= 4 is 11.6 Å². The number of hydrogen-bond donors (Lipinski definition) is 0. The van der Waals surface area contributed by atoms with Crippen LogP contribution in [-0.4, -0.2) is 17.1 Å². The van der Waals surface area contributed by atoms with Crippen LogP contribution in [0.3, 0.4) is 0 Å². The first kappa shape index (κ1) is 11.6. The molecule has 0 N–H and O–H groups in total. The smallest absolute Gasteiger partial charge is 0.0743 e. The molecule has 3 atom stereocenters. The molecule has 2 heteroatoms. The Labute approximate surface area is 108 Å². The molecule has 1 saturated heterocycles. The molecule has 92 valence electrons. The number of rotatable bonds is 0. The largest absolute Gasteiger partial charge is 0.372 e. The maximum atomic E-state index is 6.38. The summed E-state index contributed by atoms with van der Waals surface area (Å²) < 4.78 is 6.26. The third-order valence-electron chi connectivity index (χ3n) is 4.11. The lowest BCUT2D eigenvalue weighted by Gasteiger charge is -2.45. The summed E-state index contributed by atoms with van der Waals surface area (Å²) in [6.45, 7) is 2.15. The van der Waals surface area contributed by atoms with E-state index in [1.807, 2.05) is 0 Å². The van der Waals surface area contributed by atoms with E-state index in [0.717, 1.165) is 32.1 Å². The Balaban J connectivity index is 1.87. The Morgan fingerprint density at radius 2 is 2.06 bits per heavy atom. The van der Waals surface area contributed by atoms with E-state index < -0.39 is 0 Å². The van der Waals surface area contributed by atoms with Crippen molar-refractivity contribution in [2.75, 3.05) is 0 Å². The molecule has 0 bridgehead atoms. The highest BCUT2D eigenvalue weighted by molar-refractivity contribution is 6.20. The molecule has 3 rings (SSSR count). The number of fused-ring (bicyclic) bond motifs is 1. The zero-order chi connectivity index (χ0) is 11.9. The van der Waals surface area contributed by atoms with Crippen LogP contribution in [-0.2, 0) is 17.6 Å². The predicted octanol–water partition coefficient (Wildman–Crippen LogP) is 3.72.